The monoisotopic (exact) mass is 287 g/mol. The van der Waals surface area contributed by atoms with Crippen molar-refractivity contribution in [3.8, 4) is 5.75 Å². The molecule has 1 aromatic carbocycles. The first kappa shape index (κ1) is 14.1. The molecular weight excluding hydrogens is 266 g/mol. The van der Waals surface area contributed by atoms with Crippen LogP contribution in [0.3, 0.4) is 0 Å². The molecule has 1 atom stereocenters. The van der Waals surface area contributed by atoms with Crippen molar-refractivity contribution >= 4 is 0 Å². The van der Waals surface area contributed by atoms with Crippen molar-refractivity contribution in [2.75, 3.05) is 0 Å². The molecule has 1 aliphatic rings. The number of hydrogen-bond acceptors (Lipinski definition) is 5. The van der Waals surface area contributed by atoms with Gasteiger partial charge in [-0.1, -0.05) is 37.2 Å². The van der Waals surface area contributed by atoms with Crippen LogP contribution in [-0.2, 0) is 6.42 Å². The van der Waals surface area contributed by atoms with Gasteiger partial charge in [-0.15, -0.1) is 0 Å². The van der Waals surface area contributed by atoms with Gasteiger partial charge in [0.15, 0.2) is 5.82 Å². The van der Waals surface area contributed by atoms with Gasteiger partial charge in [0.25, 0.3) is 0 Å². The Bertz CT molecular complexity index is 661. The van der Waals surface area contributed by atoms with Gasteiger partial charge in [0.2, 0.25) is 5.89 Å². The van der Waals surface area contributed by atoms with Gasteiger partial charge in [0.05, 0.1) is 6.04 Å². The Morgan fingerprint density at radius 3 is 2.71 bits per heavy atom. The van der Waals surface area contributed by atoms with Gasteiger partial charge in [-0.3, -0.25) is 0 Å². The SMILES string of the molecule is CC(C)c1nc(C(N)c2cccc3c2OC(C)(C)C3)no1. The molecule has 0 amide bonds. The van der Waals surface area contributed by atoms with E-state index in [0.29, 0.717) is 11.7 Å². The van der Waals surface area contributed by atoms with E-state index in [-0.39, 0.29) is 11.5 Å². The average Bonchev–Trinajstić information content (AvgIpc) is 2.99. The normalized spacial score (nSPS) is 17.6. The number of aromatic nitrogens is 2. The average molecular weight is 287 g/mol. The zero-order valence-corrected chi connectivity index (χ0v) is 12.9. The van der Waals surface area contributed by atoms with Crippen LogP contribution in [0.1, 0.15) is 62.5 Å². The summed E-state index contributed by atoms with van der Waals surface area (Å²) in [7, 11) is 0. The maximum Gasteiger partial charge on any atom is 0.229 e. The highest BCUT2D eigenvalue weighted by Gasteiger charge is 2.33. The summed E-state index contributed by atoms with van der Waals surface area (Å²) in [6, 6.07) is 5.61. The van der Waals surface area contributed by atoms with Crippen LogP contribution >= 0.6 is 0 Å². The van der Waals surface area contributed by atoms with Crippen molar-refractivity contribution in [3.05, 3.63) is 41.0 Å². The Morgan fingerprint density at radius 2 is 2.05 bits per heavy atom. The van der Waals surface area contributed by atoms with Crippen molar-refractivity contribution in [1.29, 1.82) is 0 Å². The Kier molecular flexibility index (Phi) is 3.24. The van der Waals surface area contributed by atoms with Gasteiger partial charge in [0.1, 0.15) is 11.4 Å². The van der Waals surface area contributed by atoms with Crippen molar-refractivity contribution in [1.82, 2.24) is 10.1 Å². The highest BCUT2D eigenvalue weighted by atomic mass is 16.5. The first-order valence-electron chi connectivity index (χ1n) is 7.27. The molecule has 0 saturated heterocycles. The topological polar surface area (TPSA) is 74.2 Å². The number of fused-ring (bicyclic) bond motifs is 1. The Balaban J connectivity index is 1.96. The second-order valence-corrected chi connectivity index (χ2v) is 6.50. The summed E-state index contributed by atoms with van der Waals surface area (Å²) in [5.74, 6) is 2.16. The summed E-state index contributed by atoms with van der Waals surface area (Å²) in [4.78, 5) is 4.39. The lowest BCUT2D eigenvalue weighted by Gasteiger charge is -2.19. The van der Waals surface area contributed by atoms with E-state index in [0.717, 1.165) is 17.7 Å². The Labute approximate surface area is 124 Å². The molecule has 1 unspecified atom stereocenters. The van der Waals surface area contributed by atoms with E-state index in [1.165, 1.54) is 5.56 Å². The van der Waals surface area contributed by atoms with Crippen LogP contribution in [0.4, 0.5) is 0 Å². The van der Waals surface area contributed by atoms with E-state index in [9.17, 15) is 0 Å². The molecule has 3 rings (SSSR count). The zero-order chi connectivity index (χ0) is 15.2. The molecule has 0 aliphatic carbocycles. The molecule has 1 aromatic heterocycles. The maximum absolute atomic E-state index is 6.33. The first-order chi connectivity index (χ1) is 9.87. The van der Waals surface area contributed by atoms with E-state index in [1.54, 1.807) is 0 Å². The van der Waals surface area contributed by atoms with E-state index < -0.39 is 6.04 Å². The summed E-state index contributed by atoms with van der Waals surface area (Å²) in [5.41, 5.74) is 8.22. The van der Waals surface area contributed by atoms with Crippen LogP contribution in [0.2, 0.25) is 0 Å². The number of nitrogens with zero attached hydrogens (tertiary/aromatic N) is 2. The number of benzene rings is 1. The van der Waals surface area contributed by atoms with Crippen molar-refractivity contribution in [3.63, 3.8) is 0 Å². The van der Waals surface area contributed by atoms with Crippen LogP contribution < -0.4 is 10.5 Å². The van der Waals surface area contributed by atoms with Crippen molar-refractivity contribution < 1.29 is 9.26 Å². The summed E-state index contributed by atoms with van der Waals surface area (Å²) >= 11 is 0. The van der Waals surface area contributed by atoms with Gasteiger partial charge in [-0.25, -0.2) is 0 Å². The van der Waals surface area contributed by atoms with Crippen molar-refractivity contribution in [2.24, 2.45) is 5.73 Å². The standard InChI is InChI=1S/C16H21N3O2/c1-9(2)15-18-14(19-21-15)12(17)11-7-5-6-10-8-16(3,4)20-13(10)11/h5-7,9,12H,8,17H2,1-4H3. The molecule has 0 bridgehead atoms. The third kappa shape index (κ3) is 2.53. The smallest absolute Gasteiger partial charge is 0.229 e. The molecule has 2 aromatic rings. The molecular formula is C16H21N3O2. The maximum atomic E-state index is 6.33. The largest absolute Gasteiger partial charge is 0.487 e. The fourth-order valence-corrected chi connectivity index (χ4v) is 2.63. The van der Waals surface area contributed by atoms with E-state index in [4.69, 9.17) is 15.0 Å². The van der Waals surface area contributed by atoms with E-state index >= 15 is 0 Å². The number of nitrogens with two attached hydrogens (primary N) is 1. The number of para-hydroxylation sites is 1. The molecule has 0 saturated carbocycles. The number of rotatable bonds is 3. The molecule has 2 N–H and O–H groups in total. The van der Waals surface area contributed by atoms with Gasteiger partial charge in [0, 0.05) is 17.9 Å². The van der Waals surface area contributed by atoms with Crippen LogP contribution in [0, 0.1) is 0 Å². The summed E-state index contributed by atoms with van der Waals surface area (Å²) < 4.78 is 11.3. The minimum absolute atomic E-state index is 0.190. The second-order valence-electron chi connectivity index (χ2n) is 6.50. The molecule has 5 heteroatoms. The van der Waals surface area contributed by atoms with Crippen LogP contribution in [-0.4, -0.2) is 15.7 Å². The van der Waals surface area contributed by atoms with Crippen LogP contribution in [0.5, 0.6) is 5.75 Å². The fourth-order valence-electron chi connectivity index (χ4n) is 2.63. The molecule has 21 heavy (non-hydrogen) atoms. The zero-order valence-electron chi connectivity index (χ0n) is 12.9. The number of ether oxygens (including phenoxy) is 1. The Hall–Kier alpha value is -1.88. The predicted molar refractivity (Wildman–Crippen MR) is 79.3 cm³/mol. The van der Waals surface area contributed by atoms with Gasteiger partial charge < -0.3 is 15.0 Å². The molecule has 2 heterocycles. The predicted octanol–water partition coefficient (Wildman–Crippen LogP) is 2.95. The summed E-state index contributed by atoms with van der Waals surface area (Å²) in [6.45, 7) is 8.17. The van der Waals surface area contributed by atoms with Crippen LogP contribution in [0.15, 0.2) is 22.7 Å². The third-order valence-corrected chi connectivity index (χ3v) is 3.69. The van der Waals surface area contributed by atoms with Gasteiger partial charge in [-0.05, 0) is 19.4 Å². The third-order valence-electron chi connectivity index (χ3n) is 3.69. The highest BCUT2D eigenvalue weighted by molar-refractivity contribution is 5.48. The van der Waals surface area contributed by atoms with Gasteiger partial charge >= 0.3 is 0 Å². The molecule has 5 nitrogen and oxygen atoms in total. The Morgan fingerprint density at radius 1 is 1.29 bits per heavy atom. The molecule has 1 aliphatic heterocycles. The molecule has 0 spiro atoms. The lowest BCUT2D eigenvalue weighted by molar-refractivity contribution is 0.137. The van der Waals surface area contributed by atoms with E-state index in [2.05, 4.69) is 30.1 Å². The minimum atomic E-state index is -0.440. The fraction of sp³-hybridized carbons (Fsp3) is 0.500. The number of hydrogen-bond donors (Lipinski definition) is 1. The molecule has 0 fully saturated rings. The van der Waals surface area contributed by atoms with Crippen molar-refractivity contribution in [2.45, 2.75) is 51.7 Å². The summed E-state index contributed by atoms with van der Waals surface area (Å²) in [6.07, 6.45) is 0.881. The second kappa shape index (κ2) is 4.84. The van der Waals surface area contributed by atoms with Crippen LogP contribution in [0.25, 0.3) is 0 Å². The first-order valence-corrected chi connectivity index (χ1v) is 7.27. The lowest BCUT2D eigenvalue weighted by atomic mass is 9.98. The lowest BCUT2D eigenvalue weighted by Crippen LogP contribution is -2.25. The van der Waals surface area contributed by atoms with E-state index in [1.807, 2.05) is 26.0 Å². The summed E-state index contributed by atoms with van der Waals surface area (Å²) in [5, 5.41) is 4.01. The van der Waals surface area contributed by atoms with Gasteiger partial charge in [-0.2, -0.15) is 4.98 Å². The molecule has 0 radical (unpaired) electrons. The highest BCUT2D eigenvalue weighted by Crippen LogP contribution is 2.40. The molecule has 112 valence electrons. The minimum Gasteiger partial charge on any atom is -0.487 e. The quantitative estimate of drug-likeness (QED) is 0.939.